The zero-order valence-corrected chi connectivity index (χ0v) is 8.26. The fourth-order valence-electron chi connectivity index (χ4n) is 1.66. The van der Waals surface area contributed by atoms with Gasteiger partial charge in [0.25, 0.3) is 0 Å². The highest BCUT2D eigenvalue weighted by Crippen LogP contribution is 2.36. The number of aliphatic hydroxyl groups is 1. The third-order valence-electron chi connectivity index (χ3n) is 2.85. The van der Waals surface area contributed by atoms with Gasteiger partial charge < -0.3 is 10.8 Å². The maximum atomic E-state index is 13.0. The summed E-state index contributed by atoms with van der Waals surface area (Å²) in [6.07, 6.45) is 2.30. The minimum Gasteiger partial charge on any atom is -0.392 e. The number of nitrogens with two attached hydrogens (primary N) is 1. The van der Waals surface area contributed by atoms with Gasteiger partial charge in [-0.15, -0.1) is 0 Å². The molecule has 0 heterocycles. The fourth-order valence-corrected chi connectivity index (χ4v) is 1.66. The van der Waals surface area contributed by atoms with Gasteiger partial charge in [0.2, 0.25) is 0 Å². The summed E-state index contributed by atoms with van der Waals surface area (Å²) >= 11 is 0. The van der Waals surface area contributed by atoms with Crippen LogP contribution in [0.15, 0.2) is 12.1 Å². The van der Waals surface area contributed by atoms with E-state index in [1.807, 2.05) is 0 Å². The van der Waals surface area contributed by atoms with Gasteiger partial charge in [-0.05, 0) is 42.5 Å². The van der Waals surface area contributed by atoms with Crippen molar-refractivity contribution in [2.45, 2.75) is 31.4 Å². The molecular formula is C11H13F2NO. The fraction of sp³-hybridized carbons (Fsp3) is 0.455. The Morgan fingerprint density at radius 3 is 2.20 bits per heavy atom. The maximum Gasteiger partial charge on any atom is 0.159 e. The largest absolute Gasteiger partial charge is 0.392 e. The topological polar surface area (TPSA) is 46.2 Å². The van der Waals surface area contributed by atoms with Crippen LogP contribution in [0.5, 0.6) is 0 Å². The van der Waals surface area contributed by atoms with E-state index in [4.69, 9.17) is 10.8 Å². The molecule has 1 saturated carbocycles. The van der Waals surface area contributed by atoms with E-state index in [-0.39, 0.29) is 12.1 Å². The van der Waals surface area contributed by atoms with Gasteiger partial charge in [-0.2, -0.15) is 0 Å². The summed E-state index contributed by atoms with van der Waals surface area (Å²) in [5.41, 5.74) is 6.65. The Bertz CT molecular complexity index is 388. The molecule has 0 radical (unpaired) electrons. The molecule has 2 nitrogen and oxygen atoms in total. The first-order chi connectivity index (χ1) is 7.04. The van der Waals surface area contributed by atoms with Crippen molar-refractivity contribution in [3.05, 3.63) is 34.9 Å². The zero-order valence-electron chi connectivity index (χ0n) is 8.26. The van der Waals surface area contributed by atoms with Crippen LogP contribution in [0.1, 0.15) is 24.0 Å². The minimum atomic E-state index is -0.926. The van der Waals surface area contributed by atoms with Gasteiger partial charge in [0, 0.05) is 5.54 Å². The summed E-state index contributed by atoms with van der Waals surface area (Å²) < 4.78 is 25.9. The van der Waals surface area contributed by atoms with Gasteiger partial charge in [0.05, 0.1) is 6.61 Å². The molecule has 3 N–H and O–H groups in total. The molecule has 15 heavy (non-hydrogen) atoms. The Hall–Kier alpha value is -1.00. The summed E-state index contributed by atoms with van der Waals surface area (Å²) in [5.74, 6) is -1.81. The molecule has 1 aliphatic rings. The number of rotatable bonds is 3. The van der Waals surface area contributed by atoms with Gasteiger partial charge in [-0.1, -0.05) is 0 Å². The smallest absolute Gasteiger partial charge is 0.159 e. The normalized spacial score (nSPS) is 17.9. The van der Waals surface area contributed by atoms with E-state index in [1.165, 1.54) is 0 Å². The second kappa shape index (κ2) is 3.54. The summed E-state index contributed by atoms with van der Waals surface area (Å²) in [7, 11) is 0. The molecule has 0 amide bonds. The van der Waals surface area contributed by atoms with Crippen LogP contribution in [0.3, 0.4) is 0 Å². The van der Waals surface area contributed by atoms with Crippen LogP contribution in [-0.2, 0) is 13.0 Å². The Labute approximate surface area is 86.7 Å². The Morgan fingerprint density at radius 1 is 1.20 bits per heavy atom. The second-order valence-corrected chi connectivity index (χ2v) is 4.23. The molecule has 1 aromatic rings. The minimum absolute atomic E-state index is 0.270. The molecular weight excluding hydrogens is 200 g/mol. The summed E-state index contributed by atoms with van der Waals surface area (Å²) in [6.45, 7) is -0.289. The highest BCUT2D eigenvalue weighted by molar-refractivity contribution is 5.31. The first kappa shape index (κ1) is 10.5. The molecule has 82 valence electrons. The number of hydrogen-bond donors (Lipinski definition) is 2. The first-order valence-corrected chi connectivity index (χ1v) is 4.91. The average Bonchev–Trinajstić information content (AvgIpc) is 2.89. The van der Waals surface area contributed by atoms with Crippen LogP contribution >= 0.6 is 0 Å². The highest BCUT2D eigenvalue weighted by atomic mass is 19.2. The van der Waals surface area contributed by atoms with E-state index in [9.17, 15) is 8.78 Å². The second-order valence-electron chi connectivity index (χ2n) is 4.23. The predicted octanol–water partition coefficient (Wildman–Crippen LogP) is 1.49. The van der Waals surface area contributed by atoms with Crippen LogP contribution in [0, 0.1) is 11.6 Å². The number of hydrogen-bond acceptors (Lipinski definition) is 2. The van der Waals surface area contributed by atoms with E-state index >= 15 is 0 Å². The van der Waals surface area contributed by atoms with Crippen LogP contribution < -0.4 is 5.73 Å². The van der Waals surface area contributed by atoms with E-state index in [0.29, 0.717) is 17.5 Å². The van der Waals surface area contributed by atoms with Crippen LogP contribution in [0.25, 0.3) is 0 Å². The van der Waals surface area contributed by atoms with Crippen molar-refractivity contribution < 1.29 is 13.9 Å². The predicted molar refractivity (Wildman–Crippen MR) is 52.1 cm³/mol. The van der Waals surface area contributed by atoms with Crippen LogP contribution in [0.4, 0.5) is 8.78 Å². The Balaban J connectivity index is 2.31. The van der Waals surface area contributed by atoms with Crippen molar-refractivity contribution in [3.8, 4) is 0 Å². The van der Waals surface area contributed by atoms with Crippen molar-refractivity contribution in [2.24, 2.45) is 5.73 Å². The van der Waals surface area contributed by atoms with E-state index in [1.54, 1.807) is 0 Å². The Kier molecular flexibility index (Phi) is 2.48. The average molecular weight is 213 g/mol. The quantitative estimate of drug-likeness (QED) is 0.799. The summed E-state index contributed by atoms with van der Waals surface area (Å²) in [5, 5.41) is 9.02. The molecule has 0 bridgehead atoms. The number of halogens is 2. The van der Waals surface area contributed by atoms with Crippen molar-refractivity contribution >= 4 is 0 Å². The molecule has 0 aliphatic heterocycles. The lowest BCUT2D eigenvalue weighted by Crippen LogP contribution is -2.25. The third kappa shape index (κ3) is 2.16. The maximum absolute atomic E-state index is 13.0. The van der Waals surface area contributed by atoms with Gasteiger partial charge in [-0.3, -0.25) is 0 Å². The molecule has 0 saturated heterocycles. The van der Waals surface area contributed by atoms with Crippen molar-refractivity contribution in [1.82, 2.24) is 0 Å². The van der Waals surface area contributed by atoms with E-state index in [0.717, 1.165) is 25.0 Å². The third-order valence-corrected chi connectivity index (χ3v) is 2.85. The van der Waals surface area contributed by atoms with Gasteiger partial charge >= 0.3 is 0 Å². The SMILES string of the molecule is NC1(Cc2cc(F)c(F)cc2CO)CC1. The Morgan fingerprint density at radius 2 is 1.73 bits per heavy atom. The van der Waals surface area contributed by atoms with Gasteiger partial charge in [0.15, 0.2) is 11.6 Å². The molecule has 0 atom stereocenters. The molecule has 0 aromatic heterocycles. The van der Waals surface area contributed by atoms with Gasteiger partial charge in [0.1, 0.15) is 0 Å². The lowest BCUT2D eigenvalue weighted by molar-refractivity contribution is 0.279. The highest BCUT2D eigenvalue weighted by Gasteiger charge is 2.38. The van der Waals surface area contributed by atoms with Crippen LogP contribution in [-0.4, -0.2) is 10.6 Å². The zero-order chi connectivity index (χ0) is 11.1. The lowest BCUT2D eigenvalue weighted by Gasteiger charge is -2.12. The van der Waals surface area contributed by atoms with Gasteiger partial charge in [-0.25, -0.2) is 8.78 Å². The van der Waals surface area contributed by atoms with Crippen LogP contribution in [0.2, 0.25) is 0 Å². The van der Waals surface area contributed by atoms with E-state index in [2.05, 4.69) is 0 Å². The lowest BCUT2D eigenvalue weighted by atomic mass is 9.99. The summed E-state index contributed by atoms with van der Waals surface area (Å²) in [6, 6.07) is 2.17. The van der Waals surface area contributed by atoms with Crippen molar-refractivity contribution in [1.29, 1.82) is 0 Å². The number of benzene rings is 1. The standard InChI is InChI=1S/C11H13F2NO/c12-9-3-7(5-11(14)1-2-11)8(6-15)4-10(9)13/h3-4,15H,1-2,5-6,14H2. The molecule has 1 aromatic carbocycles. The molecule has 0 unspecified atom stereocenters. The summed E-state index contributed by atoms with van der Waals surface area (Å²) in [4.78, 5) is 0. The van der Waals surface area contributed by atoms with Crippen molar-refractivity contribution in [3.63, 3.8) is 0 Å². The first-order valence-electron chi connectivity index (χ1n) is 4.91. The molecule has 1 aliphatic carbocycles. The molecule has 0 spiro atoms. The monoisotopic (exact) mass is 213 g/mol. The molecule has 1 fully saturated rings. The van der Waals surface area contributed by atoms with Crippen molar-refractivity contribution in [2.75, 3.05) is 0 Å². The molecule has 2 rings (SSSR count). The van der Waals surface area contributed by atoms with E-state index < -0.39 is 11.6 Å². The molecule has 4 heteroatoms. The number of aliphatic hydroxyl groups excluding tert-OH is 1.